The maximum atomic E-state index is 12.2. The summed E-state index contributed by atoms with van der Waals surface area (Å²) in [6.07, 6.45) is 4.69. The fraction of sp³-hybridized carbons (Fsp3) is 0.286. The number of hydrogen-bond donors (Lipinski definition) is 0. The summed E-state index contributed by atoms with van der Waals surface area (Å²) in [5, 5.41) is 0. The van der Waals surface area contributed by atoms with Crippen molar-refractivity contribution in [2.24, 2.45) is 0 Å². The molecule has 0 spiro atoms. The number of unbranched alkanes of at least 4 members (excludes halogenated alkanes) is 1. The molecule has 0 saturated heterocycles. The first-order chi connectivity index (χ1) is 12.2. The summed E-state index contributed by atoms with van der Waals surface area (Å²) >= 11 is 0. The Labute approximate surface area is 149 Å². The van der Waals surface area contributed by atoms with Crippen molar-refractivity contribution in [1.82, 2.24) is 0 Å². The highest BCUT2D eigenvalue weighted by molar-refractivity contribution is 5.91. The van der Waals surface area contributed by atoms with Crippen molar-refractivity contribution in [1.29, 1.82) is 0 Å². The van der Waals surface area contributed by atoms with E-state index in [4.69, 9.17) is 14.2 Å². The van der Waals surface area contributed by atoms with Crippen LogP contribution in [-0.4, -0.2) is 19.2 Å². The second-order valence-corrected chi connectivity index (χ2v) is 5.51. The second-order valence-electron chi connectivity index (χ2n) is 5.51. The molecule has 0 unspecified atom stereocenters. The number of hydrogen-bond acceptors (Lipinski definition) is 4. The van der Waals surface area contributed by atoms with Gasteiger partial charge in [-0.2, -0.15) is 0 Å². The van der Waals surface area contributed by atoms with Crippen LogP contribution in [0, 0.1) is 0 Å². The minimum Gasteiger partial charge on any atom is -0.494 e. The lowest BCUT2D eigenvalue weighted by molar-refractivity contribution is 0.0734. The van der Waals surface area contributed by atoms with E-state index in [2.05, 4.69) is 13.5 Å². The van der Waals surface area contributed by atoms with Gasteiger partial charge in [0.25, 0.3) is 0 Å². The average molecular weight is 340 g/mol. The first-order valence-electron chi connectivity index (χ1n) is 8.51. The van der Waals surface area contributed by atoms with Gasteiger partial charge in [-0.25, -0.2) is 4.79 Å². The van der Waals surface area contributed by atoms with Gasteiger partial charge < -0.3 is 14.2 Å². The Morgan fingerprint density at radius 1 is 0.920 bits per heavy atom. The maximum absolute atomic E-state index is 12.2. The quantitative estimate of drug-likeness (QED) is 0.263. The Bertz CT molecular complexity index is 659. The standard InChI is InChI=1S/C21H24O4/c1-3-5-15-23-18-9-7-17(8-10-18)21(22)25-20-13-11-19(12-14-20)24-16-6-4-2/h3,7-14H,1,4-6,15-16H2,2H3. The number of benzene rings is 2. The van der Waals surface area contributed by atoms with E-state index >= 15 is 0 Å². The van der Waals surface area contributed by atoms with Crippen LogP contribution in [0.15, 0.2) is 61.2 Å². The zero-order valence-corrected chi connectivity index (χ0v) is 14.6. The van der Waals surface area contributed by atoms with Crippen molar-refractivity contribution in [3.8, 4) is 17.2 Å². The fourth-order valence-corrected chi connectivity index (χ4v) is 2.05. The van der Waals surface area contributed by atoms with Crippen molar-refractivity contribution in [2.45, 2.75) is 26.2 Å². The Morgan fingerprint density at radius 3 is 2.08 bits per heavy atom. The van der Waals surface area contributed by atoms with E-state index in [1.165, 1.54) is 0 Å². The molecule has 4 nitrogen and oxygen atoms in total. The van der Waals surface area contributed by atoms with Crippen molar-refractivity contribution in [2.75, 3.05) is 13.2 Å². The molecule has 0 bridgehead atoms. The van der Waals surface area contributed by atoms with Crippen molar-refractivity contribution < 1.29 is 19.0 Å². The average Bonchev–Trinajstić information content (AvgIpc) is 2.64. The summed E-state index contributed by atoms with van der Waals surface area (Å²) in [6, 6.07) is 13.9. The monoisotopic (exact) mass is 340 g/mol. The predicted molar refractivity (Wildman–Crippen MR) is 98.6 cm³/mol. The lowest BCUT2D eigenvalue weighted by atomic mass is 10.2. The molecule has 0 atom stereocenters. The summed E-state index contributed by atoms with van der Waals surface area (Å²) in [5.41, 5.74) is 0.472. The molecule has 0 saturated carbocycles. The first kappa shape index (κ1) is 18.6. The van der Waals surface area contributed by atoms with E-state index in [9.17, 15) is 4.79 Å². The third-order valence-corrected chi connectivity index (χ3v) is 3.48. The van der Waals surface area contributed by atoms with Crippen LogP contribution in [0.1, 0.15) is 36.5 Å². The highest BCUT2D eigenvalue weighted by atomic mass is 16.5. The van der Waals surface area contributed by atoms with Gasteiger partial charge in [-0.3, -0.25) is 0 Å². The third-order valence-electron chi connectivity index (χ3n) is 3.48. The van der Waals surface area contributed by atoms with Crippen LogP contribution >= 0.6 is 0 Å². The summed E-state index contributed by atoms with van der Waals surface area (Å²) in [7, 11) is 0. The summed E-state index contributed by atoms with van der Waals surface area (Å²) in [5.74, 6) is 1.57. The number of carbonyl (C=O) groups excluding carboxylic acids is 1. The zero-order chi connectivity index (χ0) is 17.9. The molecule has 0 aliphatic rings. The molecule has 2 rings (SSSR count). The first-order valence-corrected chi connectivity index (χ1v) is 8.51. The van der Waals surface area contributed by atoms with Gasteiger partial charge in [0.05, 0.1) is 18.8 Å². The molecule has 2 aromatic carbocycles. The predicted octanol–water partition coefficient (Wildman–Crippen LogP) is 5.04. The molecule has 0 fully saturated rings. The van der Waals surface area contributed by atoms with Gasteiger partial charge in [0.15, 0.2) is 0 Å². The summed E-state index contributed by atoms with van der Waals surface area (Å²) in [6.45, 7) is 7.02. The SMILES string of the molecule is C=CCCOc1ccc(C(=O)Oc2ccc(OCCCC)cc2)cc1. The van der Waals surface area contributed by atoms with E-state index in [1.807, 2.05) is 0 Å². The van der Waals surface area contributed by atoms with Gasteiger partial charge >= 0.3 is 5.97 Å². The molecule has 0 amide bonds. The van der Waals surface area contributed by atoms with Gasteiger partial charge in [-0.05, 0) is 61.4 Å². The maximum Gasteiger partial charge on any atom is 0.343 e. The number of rotatable bonds is 10. The van der Waals surface area contributed by atoms with Gasteiger partial charge in [0.1, 0.15) is 17.2 Å². The van der Waals surface area contributed by atoms with Crippen LogP contribution < -0.4 is 14.2 Å². The molecular formula is C21H24O4. The van der Waals surface area contributed by atoms with Crippen molar-refractivity contribution in [3.05, 3.63) is 66.7 Å². The molecule has 25 heavy (non-hydrogen) atoms. The highest BCUT2D eigenvalue weighted by Gasteiger charge is 2.09. The molecule has 132 valence electrons. The molecule has 2 aromatic rings. The largest absolute Gasteiger partial charge is 0.494 e. The molecule has 0 N–H and O–H groups in total. The Morgan fingerprint density at radius 2 is 1.48 bits per heavy atom. The zero-order valence-electron chi connectivity index (χ0n) is 14.6. The molecule has 4 heteroatoms. The highest BCUT2D eigenvalue weighted by Crippen LogP contribution is 2.20. The Balaban J connectivity index is 1.87. The molecule has 0 aromatic heterocycles. The van der Waals surface area contributed by atoms with E-state index in [-0.39, 0.29) is 0 Å². The topological polar surface area (TPSA) is 44.8 Å². The summed E-state index contributed by atoms with van der Waals surface area (Å²) < 4.78 is 16.5. The Kier molecular flexibility index (Phi) is 7.57. The Hall–Kier alpha value is -2.75. The van der Waals surface area contributed by atoms with Crippen molar-refractivity contribution >= 4 is 5.97 Å². The molecular weight excluding hydrogens is 316 g/mol. The lowest BCUT2D eigenvalue weighted by Gasteiger charge is -2.08. The number of ether oxygens (including phenoxy) is 3. The number of esters is 1. The van der Waals surface area contributed by atoms with Crippen LogP contribution in [0.4, 0.5) is 0 Å². The van der Waals surface area contributed by atoms with Gasteiger partial charge in [-0.15, -0.1) is 6.58 Å². The fourth-order valence-electron chi connectivity index (χ4n) is 2.05. The smallest absolute Gasteiger partial charge is 0.343 e. The van der Waals surface area contributed by atoms with Crippen molar-refractivity contribution in [3.63, 3.8) is 0 Å². The number of carbonyl (C=O) groups is 1. The molecule has 0 heterocycles. The molecule has 0 aliphatic carbocycles. The van der Waals surface area contributed by atoms with Crippen LogP contribution in [-0.2, 0) is 0 Å². The normalized spacial score (nSPS) is 10.1. The van der Waals surface area contributed by atoms with Gasteiger partial charge in [0.2, 0.25) is 0 Å². The van der Waals surface area contributed by atoms with Crippen LogP contribution in [0.2, 0.25) is 0 Å². The van der Waals surface area contributed by atoms with E-state index in [1.54, 1.807) is 54.6 Å². The van der Waals surface area contributed by atoms with Crippen LogP contribution in [0.3, 0.4) is 0 Å². The summed E-state index contributed by atoms with van der Waals surface area (Å²) in [4.78, 5) is 12.2. The lowest BCUT2D eigenvalue weighted by Crippen LogP contribution is -2.08. The van der Waals surface area contributed by atoms with Crippen LogP contribution in [0.5, 0.6) is 17.2 Å². The minimum atomic E-state index is -0.405. The van der Waals surface area contributed by atoms with E-state index < -0.39 is 5.97 Å². The molecule has 0 aliphatic heterocycles. The minimum absolute atomic E-state index is 0.405. The second kappa shape index (κ2) is 10.2. The third kappa shape index (κ3) is 6.34. The van der Waals surface area contributed by atoms with Gasteiger partial charge in [0, 0.05) is 0 Å². The van der Waals surface area contributed by atoms with Crippen LogP contribution in [0.25, 0.3) is 0 Å². The van der Waals surface area contributed by atoms with E-state index in [0.29, 0.717) is 30.3 Å². The van der Waals surface area contributed by atoms with Gasteiger partial charge in [-0.1, -0.05) is 19.4 Å². The molecule has 0 radical (unpaired) electrons. The van der Waals surface area contributed by atoms with E-state index in [0.717, 1.165) is 25.0 Å².